The van der Waals surface area contributed by atoms with E-state index in [1.165, 1.54) is 11.1 Å². The molecule has 1 rings (SSSR count). The minimum Gasteiger partial charge on any atom is -0.376 e. The zero-order chi connectivity index (χ0) is 10.4. The van der Waals surface area contributed by atoms with Gasteiger partial charge in [-0.1, -0.05) is 49.4 Å². The molecule has 0 aliphatic carbocycles. The summed E-state index contributed by atoms with van der Waals surface area (Å²) in [6.07, 6.45) is 0. The lowest BCUT2D eigenvalue weighted by Crippen LogP contribution is -2.06. The van der Waals surface area contributed by atoms with Crippen LogP contribution in [0.2, 0.25) is 0 Å². The molecular formula is C13H18O. The molecule has 0 amide bonds. The Labute approximate surface area is 86.4 Å². The molecule has 1 aromatic carbocycles. The predicted octanol–water partition coefficient (Wildman–Crippen LogP) is 3.42. The van der Waals surface area contributed by atoms with E-state index in [2.05, 4.69) is 25.6 Å². The van der Waals surface area contributed by atoms with Crippen molar-refractivity contribution in [2.24, 2.45) is 5.92 Å². The summed E-state index contributed by atoms with van der Waals surface area (Å²) >= 11 is 0. The zero-order valence-electron chi connectivity index (χ0n) is 8.99. The quantitative estimate of drug-likeness (QED) is 0.646. The van der Waals surface area contributed by atoms with Gasteiger partial charge < -0.3 is 4.74 Å². The number of rotatable bonds is 5. The van der Waals surface area contributed by atoms with Gasteiger partial charge in [-0.05, 0) is 18.4 Å². The largest absolute Gasteiger partial charge is 0.376 e. The summed E-state index contributed by atoms with van der Waals surface area (Å²) in [5.74, 6) is 0.443. The highest BCUT2D eigenvalue weighted by atomic mass is 16.5. The van der Waals surface area contributed by atoms with Crippen LogP contribution >= 0.6 is 0 Å². The van der Waals surface area contributed by atoms with E-state index in [0.29, 0.717) is 12.5 Å². The molecule has 1 atom stereocenters. The molecule has 0 unspecified atom stereocenters. The van der Waals surface area contributed by atoms with Crippen LogP contribution in [0.4, 0.5) is 0 Å². The van der Waals surface area contributed by atoms with Crippen LogP contribution in [0.15, 0.2) is 42.5 Å². The second-order valence-electron chi connectivity index (χ2n) is 3.75. The van der Waals surface area contributed by atoms with Crippen molar-refractivity contribution in [3.05, 3.63) is 48.0 Å². The van der Waals surface area contributed by atoms with E-state index in [4.69, 9.17) is 4.74 Å². The lowest BCUT2D eigenvalue weighted by Gasteiger charge is -2.11. The van der Waals surface area contributed by atoms with Crippen LogP contribution in [0.25, 0.3) is 0 Å². The highest BCUT2D eigenvalue weighted by Gasteiger charge is 2.01. The van der Waals surface area contributed by atoms with Crippen molar-refractivity contribution in [3.8, 4) is 0 Å². The first-order valence-corrected chi connectivity index (χ1v) is 4.97. The molecule has 0 saturated carbocycles. The van der Waals surface area contributed by atoms with Gasteiger partial charge in [-0.15, -0.1) is 0 Å². The number of hydrogen-bond donors (Lipinski definition) is 0. The molecule has 0 aliphatic rings. The maximum Gasteiger partial charge on any atom is 0.0717 e. The molecule has 0 saturated heterocycles. The summed E-state index contributed by atoms with van der Waals surface area (Å²) in [7, 11) is 0. The molecule has 0 heterocycles. The summed E-state index contributed by atoms with van der Waals surface area (Å²) in [6.45, 7) is 9.52. The van der Waals surface area contributed by atoms with Gasteiger partial charge in [0.2, 0.25) is 0 Å². The van der Waals surface area contributed by atoms with E-state index in [9.17, 15) is 0 Å². The van der Waals surface area contributed by atoms with Gasteiger partial charge in [0.1, 0.15) is 0 Å². The van der Waals surface area contributed by atoms with Crippen LogP contribution in [-0.4, -0.2) is 6.61 Å². The van der Waals surface area contributed by atoms with E-state index < -0.39 is 0 Å². The lowest BCUT2D eigenvalue weighted by molar-refractivity contribution is 0.101. The highest BCUT2D eigenvalue weighted by molar-refractivity contribution is 5.13. The van der Waals surface area contributed by atoms with E-state index >= 15 is 0 Å². The maximum atomic E-state index is 5.58. The van der Waals surface area contributed by atoms with Crippen LogP contribution < -0.4 is 0 Å². The first-order valence-electron chi connectivity index (χ1n) is 4.97. The van der Waals surface area contributed by atoms with Gasteiger partial charge in [-0.2, -0.15) is 0 Å². The summed E-state index contributed by atoms with van der Waals surface area (Å²) in [6, 6.07) is 10.2. The molecule has 0 aliphatic heterocycles. The smallest absolute Gasteiger partial charge is 0.0717 e. The van der Waals surface area contributed by atoms with Crippen molar-refractivity contribution in [3.63, 3.8) is 0 Å². The monoisotopic (exact) mass is 190 g/mol. The van der Waals surface area contributed by atoms with Gasteiger partial charge in [0.15, 0.2) is 0 Å². The molecule has 0 radical (unpaired) electrons. The highest BCUT2D eigenvalue weighted by Crippen LogP contribution is 2.08. The third kappa shape index (κ3) is 3.75. The second kappa shape index (κ2) is 5.61. The van der Waals surface area contributed by atoms with Crippen LogP contribution in [0.5, 0.6) is 0 Å². The van der Waals surface area contributed by atoms with Crippen molar-refractivity contribution < 1.29 is 4.74 Å². The molecule has 1 heteroatoms. The Bertz CT molecular complexity index is 277. The van der Waals surface area contributed by atoms with Crippen molar-refractivity contribution >= 4 is 0 Å². The number of hydrogen-bond acceptors (Lipinski definition) is 1. The Hall–Kier alpha value is -1.08. The summed E-state index contributed by atoms with van der Waals surface area (Å²) < 4.78 is 5.58. The van der Waals surface area contributed by atoms with E-state index in [1.54, 1.807) is 0 Å². The van der Waals surface area contributed by atoms with Crippen molar-refractivity contribution in [1.29, 1.82) is 0 Å². The fourth-order valence-electron chi connectivity index (χ4n) is 1.07. The van der Waals surface area contributed by atoms with E-state index in [0.717, 1.165) is 6.61 Å². The molecule has 1 aromatic rings. The summed E-state index contributed by atoms with van der Waals surface area (Å²) in [5.41, 5.74) is 2.40. The molecule has 0 N–H and O–H groups in total. The van der Waals surface area contributed by atoms with Gasteiger partial charge in [0, 0.05) is 0 Å². The first-order chi connectivity index (χ1) is 6.70. The van der Waals surface area contributed by atoms with Gasteiger partial charge in [0.25, 0.3) is 0 Å². The standard InChI is InChI=1S/C13H18O/c1-11(2)12(3)9-14-10-13-7-5-4-6-8-13/h4-8,12H,1,9-10H2,2-3H3/t12-/m0/s1. The molecule has 0 fully saturated rings. The Morgan fingerprint density at radius 3 is 2.57 bits per heavy atom. The van der Waals surface area contributed by atoms with E-state index in [1.807, 2.05) is 25.1 Å². The normalized spacial score (nSPS) is 12.4. The van der Waals surface area contributed by atoms with Crippen LogP contribution in [0.3, 0.4) is 0 Å². The van der Waals surface area contributed by atoms with Crippen molar-refractivity contribution in [2.75, 3.05) is 6.61 Å². The molecule has 1 nitrogen and oxygen atoms in total. The SMILES string of the molecule is C=C(C)[C@@H](C)COCc1ccccc1. The Balaban J connectivity index is 2.26. The summed E-state index contributed by atoms with van der Waals surface area (Å²) in [4.78, 5) is 0. The third-order valence-corrected chi connectivity index (χ3v) is 2.32. The van der Waals surface area contributed by atoms with Crippen LogP contribution in [0.1, 0.15) is 19.4 Å². The molecule has 14 heavy (non-hydrogen) atoms. The predicted molar refractivity (Wildman–Crippen MR) is 60.1 cm³/mol. The third-order valence-electron chi connectivity index (χ3n) is 2.32. The molecule has 0 aromatic heterocycles. The number of benzene rings is 1. The van der Waals surface area contributed by atoms with Crippen LogP contribution in [0, 0.1) is 5.92 Å². The zero-order valence-corrected chi connectivity index (χ0v) is 8.99. The average molecular weight is 190 g/mol. The maximum absolute atomic E-state index is 5.58. The molecule has 76 valence electrons. The minimum absolute atomic E-state index is 0.443. The summed E-state index contributed by atoms with van der Waals surface area (Å²) in [5, 5.41) is 0. The van der Waals surface area contributed by atoms with E-state index in [-0.39, 0.29) is 0 Å². The fraction of sp³-hybridized carbons (Fsp3) is 0.385. The van der Waals surface area contributed by atoms with Gasteiger partial charge in [-0.3, -0.25) is 0 Å². The average Bonchev–Trinajstić information content (AvgIpc) is 2.19. The van der Waals surface area contributed by atoms with Crippen molar-refractivity contribution in [2.45, 2.75) is 20.5 Å². The Morgan fingerprint density at radius 1 is 1.36 bits per heavy atom. The Kier molecular flexibility index (Phi) is 4.41. The molecule has 0 bridgehead atoms. The van der Waals surface area contributed by atoms with Crippen molar-refractivity contribution in [1.82, 2.24) is 0 Å². The van der Waals surface area contributed by atoms with Gasteiger partial charge in [-0.25, -0.2) is 0 Å². The number of ether oxygens (including phenoxy) is 1. The first kappa shape index (κ1) is 11.0. The second-order valence-corrected chi connectivity index (χ2v) is 3.75. The minimum atomic E-state index is 0.443. The topological polar surface area (TPSA) is 9.23 Å². The lowest BCUT2D eigenvalue weighted by atomic mass is 10.1. The van der Waals surface area contributed by atoms with Gasteiger partial charge in [0.05, 0.1) is 13.2 Å². The molecular weight excluding hydrogens is 172 g/mol. The van der Waals surface area contributed by atoms with Gasteiger partial charge >= 0.3 is 0 Å². The molecule has 0 spiro atoms. The fourth-order valence-corrected chi connectivity index (χ4v) is 1.07. The Morgan fingerprint density at radius 2 is 2.00 bits per heavy atom. The van der Waals surface area contributed by atoms with Crippen LogP contribution in [-0.2, 0) is 11.3 Å².